The third-order valence-corrected chi connectivity index (χ3v) is 2.20. The van der Waals surface area contributed by atoms with Crippen molar-refractivity contribution in [3.8, 4) is 17.2 Å². The quantitative estimate of drug-likeness (QED) is 0.850. The van der Waals surface area contributed by atoms with Gasteiger partial charge in [-0.15, -0.1) is 0 Å². The lowest BCUT2D eigenvalue weighted by atomic mass is 10.2. The maximum Gasteiger partial charge on any atom is 0.161 e. The lowest BCUT2D eigenvalue weighted by Crippen LogP contribution is -1.83. The predicted molar refractivity (Wildman–Crippen MR) is 72.9 cm³/mol. The van der Waals surface area contributed by atoms with Crippen LogP contribution >= 0.6 is 0 Å². The number of hydrogen-bond donors (Lipinski definition) is 2. The second kappa shape index (κ2) is 7.01. The largest absolute Gasteiger partial charge is 0.508 e. The van der Waals surface area contributed by atoms with Gasteiger partial charge in [0.25, 0.3) is 0 Å². The molecule has 0 saturated heterocycles. The highest BCUT2D eigenvalue weighted by molar-refractivity contribution is 5.53. The van der Waals surface area contributed by atoms with Gasteiger partial charge in [0.2, 0.25) is 0 Å². The van der Waals surface area contributed by atoms with Crippen molar-refractivity contribution in [1.82, 2.24) is 0 Å². The van der Waals surface area contributed by atoms with Crippen molar-refractivity contribution in [2.45, 2.75) is 0 Å². The zero-order valence-electron chi connectivity index (χ0n) is 10.2. The monoisotopic (exact) mass is 244 g/mol. The molecule has 0 unspecified atom stereocenters. The van der Waals surface area contributed by atoms with Crippen LogP contribution in [0.4, 0.5) is 0 Å². The van der Waals surface area contributed by atoms with Crippen molar-refractivity contribution < 1.29 is 14.9 Å². The normalized spacial score (nSPS) is 8.94. The number of hydrogen-bond acceptors (Lipinski definition) is 3. The molecule has 18 heavy (non-hydrogen) atoms. The van der Waals surface area contributed by atoms with Gasteiger partial charge in [-0.1, -0.05) is 36.9 Å². The Bertz CT molecular complexity index is 492. The molecule has 0 atom stereocenters. The Labute approximate surface area is 107 Å². The molecule has 2 rings (SSSR count). The van der Waals surface area contributed by atoms with Crippen LogP contribution in [0.5, 0.6) is 17.2 Å². The number of benzene rings is 2. The van der Waals surface area contributed by atoms with E-state index in [2.05, 4.69) is 6.58 Å². The SMILES string of the molecule is C=Cc1ccc(O)c(OC)c1.Oc1ccccc1. The van der Waals surface area contributed by atoms with Crippen molar-refractivity contribution in [2.75, 3.05) is 7.11 Å². The highest BCUT2D eigenvalue weighted by Gasteiger charge is 1.98. The van der Waals surface area contributed by atoms with Crippen molar-refractivity contribution in [1.29, 1.82) is 0 Å². The molecule has 2 N–H and O–H groups in total. The Morgan fingerprint density at radius 2 is 1.72 bits per heavy atom. The van der Waals surface area contributed by atoms with Gasteiger partial charge in [-0.05, 0) is 29.8 Å². The Kier molecular flexibility index (Phi) is 5.32. The smallest absolute Gasteiger partial charge is 0.161 e. The molecule has 0 bridgehead atoms. The Hall–Kier alpha value is -2.42. The average Bonchev–Trinajstić information content (AvgIpc) is 2.41. The molecule has 2 aromatic carbocycles. The van der Waals surface area contributed by atoms with Crippen LogP contribution in [0, 0.1) is 0 Å². The fourth-order valence-electron chi connectivity index (χ4n) is 1.25. The third kappa shape index (κ3) is 4.22. The lowest BCUT2D eigenvalue weighted by Gasteiger charge is -2.02. The maximum absolute atomic E-state index is 9.17. The minimum atomic E-state index is 0.151. The van der Waals surface area contributed by atoms with Gasteiger partial charge in [0.05, 0.1) is 7.11 Å². The molecule has 0 aliphatic heterocycles. The zero-order chi connectivity index (χ0) is 13.4. The van der Waals surface area contributed by atoms with Crippen LogP contribution in [-0.2, 0) is 0 Å². The molecule has 3 nitrogen and oxygen atoms in total. The highest BCUT2D eigenvalue weighted by atomic mass is 16.5. The number of methoxy groups -OCH3 is 1. The number of ether oxygens (including phenoxy) is 1. The average molecular weight is 244 g/mol. The van der Waals surface area contributed by atoms with Gasteiger partial charge in [0, 0.05) is 0 Å². The predicted octanol–water partition coefficient (Wildman–Crippen LogP) is 3.44. The first-order chi connectivity index (χ1) is 8.67. The van der Waals surface area contributed by atoms with Crippen LogP contribution in [0.1, 0.15) is 5.56 Å². The van der Waals surface area contributed by atoms with E-state index < -0.39 is 0 Å². The van der Waals surface area contributed by atoms with Crippen LogP contribution in [0.3, 0.4) is 0 Å². The van der Waals surface area contributed by atoms with Crippen LogP contribution < -0.4 is 4.74 Å². The van der Waals surface area contributed by atoms with E-state index in [0.717, 1.165) is 5.56 Å². The number of phenolic OH excluding ortho intramolecular Hbond substituents is 2. The van der Waals surface area contributed by atoms with Crippen molar-refractivity contribution >= 4 is 6.08 Å². The Morgan fingerprint density at radius 1 is 1.06 bits per heavy atom. The van der Waals surface area contributed by atoms with Crippen molar-refractivity contribution in [3.05, 3.63) is 60.7 Å². The van der Waals surface area contributed by atoms with Crippen LogP contribution in [-0.4, -0.2) is 17.3 Å². The molecular formula is C15H16O3. The summed E-state index contributed by atoms with van der Waals surface area (Å²) in [5, 5.41) is 17.8. The Balaban J connectivity index is 0.000000199. The van der Waals surface area contributed by atoms with Crippen molar-refractivity contribution in [2.24, 2.45) is 0 Å². The molecular weight excluding hydrogens is 228 g/mol. The molecule has 2 aromatic rings. The molecule has 0 aliphatic carbocycles. The van der Waals surface area contributed by atoms with E-state index in [1.165, 1.54) is 7.11 Å². The van der Waals surface area contributed by atoms with Gasteiger partial charge in [0.1, 0.15) is 5.75 Å². The zero-order valence-corrected chi connectivity index (χ0v) is 10.2. The van der Waals surface area contributed by atoms with Crippen LogP contribution in [0.25, 0.3) is 6.08 Å². The molecule has 0 heterocycles. The minimum Gasteiger partial charge on any atom is -0.508 e. The first-order valence-corrected chi connectivity index (χ1v) is 5.41. The van der Waals surface area contributed by atoms with E-state index in [4.69, 9.17) is 9.84 Å². The number of para-hydroxylation sites is 1. The van der Waals surface area contributed by atoms with Gasteiger partial charge in [-0.2, -0.15) is 0 Å². The van der Waals surface area contributed by atoms with E-state index >= 15 is 0 Å². The summed E-state index contributed by atoms with van der Waals surface area (Å²) in [7, 11) is 1.52. The van der Waals surface area contributed by atoms with Gasteiger partial charge < -0.3 is 14.9 Å². The molecule has 94 valence electrons. The second-order valence-electron chi connectivity index (χ2n) is 3.47. The topological polar surface area (TPSA) is 49.7 Å². The first kappa shape index (κ1) is 13.6. The lowest BCUT2D eigenvalue weighted by molar-refractivity contribution is 0.373. The van der Waals surface area contributed by atoms with E-state index in [9.17, 15) is 5.11 Å². The fraction of sp³-hybridized carbons (Fsp3) is 0.0667. The summed E-state index contributed by atoms with van der Waals surface area (Å²) in [6, 6.07) is 13.8. The summed E-state index contributed by atoms with van der Waals surface area (Å²) in [6.07, 6.45) is 1.70. The van der Waals surface area contributed by atoms with E-state index in [1.807, 2.05) is 6.07 Å². The molecule has 0 aliphatic rings. The number of aromatic hydroxyl groups is 2. The number of rotatable bonds is 2. The standard InChI is InChI=1S/C9H10O2.C6H6O/c1-3-7-4-5-8(10)9(6-7)11-2;7-6-4-2-1-3-5-6/h3-6,10H,1H2,2H3;1-5,7H. The maximum atomic E-state index is 9.17. The van der Waals surface area contributed by atoms with E-state index in [1.54, 1.807) is 48.5 Å². The van der Waals surface area contributed by atoms with Crippen molar-refractivity contribution in [3.63, 3.8) is 0 Å². The van der Waals surface area contributed by atoms with Gasteiger partial charge in [0.15, 0.2) is 11.5 Å². The van der Waals surface area contributed by atoms with Gasteiger partial charge >= 0.3 is 0 Å². The summed E-state index contributed by atoms with van der Waals surface area (Å²) < 4.78 is 4.89. The fourth-order valence-corrected chi connectivity index (χ4v) is 1.25. The molecule has 0 fully saturated rings. The summed E-state index contributed by atoms with van der Waals surface area (Å²) in [5.74, 6) is 0.947. The van der Waals surface area contributed by atoms with Crippen LogP contribution in [0.15, 0.2) is 55.1 Å². The van der Waals surface area contributed by atoms with Gasteiger partial charge in [-0.25, -0.2) is 0 Å². The first-order valence-electron chi connectivity index (χ1n) is 5.41. The molecule has 0 spiro atoms. The molecule has 0 radical (unpaired) electrons. The molecule has 0 amide bonds. The number of phenols is 2. The second-order valence-corrected chi connectivity index (χ2v) is 3.47. The Morgan fingerprint density at radius 3 is 2.17 bits per heavy atom. The molecule has 0 saturated carbocycles. The van der Waals surface area contributed by atoms with Gasteiger partial charge in [-0.3, -0.25) is 0 Å². The van der Waals surface area contributed by atoms with E-state index in [0.29, 0.717) is 11.5 Å². The van der Waals surface area contributed by atoms with E-state index in [-0.39, 0.29) is 5.75 Å². The summed E-state index contributed by atoms with van der Waals surface area (Å²) >= 11 is 0. The summed E-state index contributed by atoms with van der Waals surface area (Å²) in [6.45, 7) is 3.60. The molecule has 0 aromatic heterocycles. The summed E-state index contributed by atoms with van der Waals surface area (Å²) in [5.41, 5.74) is 0.930. The van der Waals surface area contributed by atoms with Crippen LogP contribution in [0.2, 0.25) is 0 Å². The minimum absolute atomic E-state index is 0.151. The summed E-state index contributed by atoms with van der Waals surface area (Å²) in [4.78, 5) is 0. The molecule has 3 heteroatoms. The highest BCUT2D eigenvalue weighted by Crippen LogP contribution is 2.26. The third-order valence-electron chi connectivity index (χ3n) is 2.20.